The normalized spacial score (nSPS) is 16.0. The molecule has 0 radical (unpaired) electrons. The number of allylic oxidation sites excluding steroid dienone is 1. The van der Waals surface area contributed by atoms with E-state index in [-0.39, 0.29) is 25.9 Å². The molecule has 210 valence electrons. The average molecular weight is 524 g/mol. The summed E-state index contributed by atoms with van der Waals surface area (Å²) in [7, 11) is 3.06. The third-order valence-corrected chi connectivity index (χ3v) is 6.67. The van der Waals surface area contributed by atoms with Gasteiger partial charge >= 0.3 is 0 Å². The Bertz CT molecular complexity index is 554. The lowest BCUT2D eigenvalue weighted by atomic mass is 10.1. The summed E-state index contributed by atoms with van der Waals surface area (Å²) in [5.74, 6) is 0. The molecule has 0 spiro atoms. The second-order valence-electron chi connectivity index (χ2n) is 10.3. The average Bonchev–Trinajstić information content (AvgIpc) is 2.78. The monoisotopic (exact) mass is 523 g/mol. The van der Waals surface area contributed by atoms with Gasteiger partial charge in [-0.15, -0.1) is 0 Å². The van der Waals surface area contributed by atoms with Crippen molar-refractivity contribution in [1.29, 1.82) is 0 Å². The fraction of sp³-hybridized carbons (Fsp3) is 0.923. The second-order valence-corrected chi connectivity index (χ2v) is 11.7. The van der Waals surface area contributed by atoms with Gasteiger partial charge in [-0.1, -0.05) is 70.4 Å². The molecule has 0 amide bonds. The highest BCUT2D eigenvalue weighted by molar-refractivity contribution is 7.45. The first-order valence-electron chi connectivity index (χ1n) is 13.4. The lowest BCUT2D eigenvalue weighted by Gasteiger charge is -2.27. The Balaban J connectivity index is 3.76. The topological polar surface area (TPSA) is 97.3 Å². The largest absolute Gasteiger partial charge is 0.756 e. The van der Waals surface area contributed by atoms with Crippen molar-refractivity contribution >= 4 is 7.82 Å². The Morgan fingerprint density at radius 3 is 2.14 bits per heavy atom. The van der Waals surface area contributed by atoms with Crippen LogP contribution in [0.5, 0.6) is 0 Å². The molecule has 0 aliphatic heterocycles. The van der Waals surface area contributed by atoms with Gasteiger partial charge in [-0.2, -0.15) is 0 Å². The number of nitrogens with zero attached hydrogens (tertiary/aromatic N) is 1. The fourth-order valence-electron chi connectivity index (χ4n) is 3.39. The van der Waals surface area contributed by atoms with Crippen LogP contribution in [0.1, 0.15) is 84.0 Å². The summed E-state index contributed by atoms with van der Waals surface area (Å²) in [5.41, 5.74) is 0. The molecule has 2 unspecified atom stereocenters. The molecule has 0 saturated carbocycles. The minimum Gasteiger partial charge on any atom is -0.756 e. The van der Waals surface area contributed by atoms with Gasteiger partial charge in [-0.3, -0.25) is 4.57 Å². The van der Waals surface area contributed by atoms with Crippen molar-refractivity contribution in [2.75, 3.05) is 61.2 Å². The summed E-state index contributed by atoms with van der Waals surface area (Å²) in [6.07, 6.45) is 18.1. The molecule has 0 aromatic rings. The number of hydrogen-bond donors (Lipinski definition) is 1. The van der Waals surface area contributed by atoms with Crippen LogP contribution in [0.25, 0.3) is 0 Å². The fourth-order valence-corrected chi connectivity index (χ4v) is 4.13. The van der Waals surface area contributed by atoms with Gasteiger partial charge in [0.15, 0.2) is 0 Å². The number of hydrogen-bond acceptors (Lipinski definition) is 7. The van der Waals surface area contributed by atoms with E-state index in [2.05, 4.69) is 19.1 Å². The Morgan fingerprint density at radius 2 is 1.54 bits per heavy atom. The van der Waals surface area contributed by atoms with Crippen LogP contribution >= 0.6 is 7.82 Å². The zero-order valence-electron chi connectivity index (χ0n) is 23.1. The first-order valence-corrected chi connectivity index (χ1v) is 14.9. The number of phosphoric acid groups is 1. The van der Waals surface area contributed by atoms with E-state index in [1.54, 1.807) is 7.11 Å². The number of methoxy groups -OCH3 is 1. The van der Waals surface area contributed by atoms with Gasteiger partial charge < -0.3 is 33.0 Å². The zero-order valence-corrected chi connectivity index (χ0v) is 24.0. The SMILES string of the molecule is CCCCCCCCCCC/C=C/CC(CCOC[C@@H](O)COP(=O)([O-])OCC[N+](C)(C)C)OC. The summed E-state index contributed by atoms with van der Waals surface area (Å²) in [6.45, 7) is 2.82. The van der Waals surface area contributed by atoms with E-state index in [0.717, 1.165) is 12.8 Å². The number of phosphoric ester groups is 1. The number of aliphatic hydroxyl groups is 1. The number of unbranched alkanes of at least 4 members (excludes halogenated alkanes) is 9. The summed E-state index contributed by atoms with van der Waals surface area (Å²) in [5, 5.41) is 9.90. The van der Waals surface area contributed by atoms with Crippen molar-refractivity contribution in [2.45, 2.75) is 96.2 Å². The van der Waals surface area contributed by atoms with E-state index >= 15 is 0 Å². The molecule has 0 bridgehead atoms. The predicted molar refractivity (Wildman–Crippen MR) is 140 cm³/mol. The number of likely N-dealkylation sites (N-methyl/N-ethyl adjacent to an activating group) is 1. The van der Waals surface area contributed by atoms with Crippen LogP contribution in [0.2, 0.25) is 0 Å². The predicted octanol–water partition coefficient (Wildman–Crippen LogP) is 4.84. The maximum absolute atomic E-state index is 11.7. The van der Waals surface area contributed by atoms with Crippen molar-refractivity contribution < 1.29 is 37.6 Å². The van der Waals surface area contributed by atoms with Gasteiger partial charge in [0, 0.05) is 13.7 Å². The van der Waals surface area contributed by atoms with Gasteiger partial charge in [0.05, 0.1) is 40.5 Å². The molecule has 0 aliphatic rings. The zero-order chi connectivity index (χ0) is 26.4. The molecule has 0 aliphatic carbocycles. The minimum atomic E-state index is -4.43. The highest BCUT2D eigenvalue weighted by Gasteiger charge is 2.16. The third-order valence-electron chi connectivity index (χ3n) is 5.70. The smallest absolute Gasteiger partial charge is 0.268 e. The van der Waals surface area contributed by atoms with E-state index < -0.39 is 13.9 Å². The van der Waals surface area contributed by atoms with Crippen molar-refractivity contribution in [2.24, 2.45) is 0 Å². The third kappa shape index (κ3) is 25.1. The molecule has 0 aromatic carbocycles. The van der Waals surface area contributed by atoms with Crippen LogP contribution < -0.4 is 4.89 Å². The first-order chi connectivity index (χ1) is 16.6. The number of ether oxygens (including phenoxy) is 2. The molecule has 8 nitrogen and oxygen atoms in total. The summed E-state index contributed by atoms with van der Waals surface area (Å²) >= 11 is 0. The molecular formula is C26H54NO7P. The maximum Gasteiger partial charge on any atom is 0.268 e. The second kappa shape index (κ2) is 21.7. The molecule has 0 aromatic heterocycles. The van der Waals surface area contributed by atoms with E-state index in [1.807, 2.05) is 21.1 Å². The van der Waals surface area contributed by atoms with Gasteiger partial charge in [0.25, 0.3) is 7.82 Å². The highest BCUT2D eigenvalue weighted by atomic mass is 31.2. The highest BCUT2D eigenvalue weighted by Crippen LogP contribution is 2.38. The van der Waals surface area contributed by atoms with Crippen LogP contribution in [0.3, 0.4) is 0 Å². The van der Waals surface area contributed by atoms with Crippen molar-refractivity contribution in [3.8, 4) is 0 Å². The molecule has 0 rings (SSSR count). The van der Waals surface area contributed by atoms with Gasteiger partial charge in [0.1, 0.15) is 19.3 Å². The Morgan fingerprint density at radius 1 is 0.914 bits per heavy atom. The van der Waals surface area contributed by atoms with E-state index in [4.69, 9.17) is 18.5 Å². The molecule has 3 atom stereocenters. The molecule has 9 heteroatoms. The van der Waals surface area contributed by atoms with Crippen LogP contribution in [0, 0.1) is 0 Å². The molecular weight excluding hydrogens is 469 g/mol. The molecule has 35 heavy (non-hydrogen) atoms. The van der Waals surface area contributed by atoms with Crippen LogP contribution in [-0.4, -0.2) is 83.0 Å². The van der Waals surface area contributed by atoms with Crippen LogP contribution in [0.4, 0.5) is 0 Å². The lowest BCUT2D eigenvalue weighted by Crippen LogP contribution is -2.37. The number of quaternary nitrogens is 1. The number of rotatable bonds is 25. The Kier molecular flexibility index (Phi) is 21.6. The Labute approximate surface area is 215 Å². The van der Waals surface area contributed by atoms with Crippen LogP contribution in [0.15, 0.2) is 12.2 Å². The minimum absolute atomic E-state index is 0.0102. The standard InChI is InChI=1S/C26H54NO7P/c1-6-7-8-9-10-11-12-13-14-15-16-17-18-26(31-5)19-21-32-23-25(28)24-34-35(29,30)33-22-20-27(2,3)4/h16-17,25-26,28H,6-15,18-24H2,1-5H3/b17-16+/t25-,26?/m1/s1. The lowest BCUT2D eigenvalue weighted by molar-refractivity contribution is -0.870. The van der Waals surface area contributed by atoms with E-state index in [0.29, 0.717) is 24.1 Å². The van der Waals surface area contributed by atoms with Gasteiger partial charge in [0.2, 0.25) is 0 Å². The van der Waals surface area contributed by atoms with E-state index in [1.165, 1.54) is 57.8 Å². The quantitative estimate of drug-likeness (QED) is 0.0791. The van der Waals surface area contributed by atoms with Gasteiger partial charge in [-0.05, 0) is 25.7 Å². The Hall–Kier alpha value is -0.310. The summed E-state index contributed by atoms with van der Waals surface area (Å²) in [4.78, 5) is 11.7. The summed E-state index contributed by atoms with van der Waals surface area (Å²) < 4.78 is 32.8. The summed E-state index contributed by atoms with van der Waals surface area (Å²) in [6, 6.07) is 0. The maximum atomic E-state index is 11.7. The van der Waals surface area contributed by atoms with Crippen molar-refractivity contribution in [3.05, 3.63) is 12.2 Å². The molecule has 0 heterocycles. The first kappa shape index (κ1) is 34.7. The van der Waals surface area contributed by atoms with Crippen molar-refractivity contribution in [1.82, 2.24) is 0 Å². The molecule has 0 fully saturated rings. The van der Waals surface area contributed by atoms with Crippen LogP contribution in [-0.2, 0) is 23.1 Å². The number of aliphatic hydroxyl groups excluding tert-OH is 1. The van der Waals surface area contributed by atoms with Gasteiger partial charge in [-0.25, -0.2) is 0 Å². The molecule has 1 N–H and O–H groups in total. The van der Waals surface area contributed by atoms with E-state index in [9.17, 15) is 14.6 Å². The van der Waals surface area contributed by atoms with Crippen molar-refractivity contribution in [3.63, 3.8) is 0 Å². The molecule has 0 saturated heterocycles.